The Morgan fingerprint density at radius 3 is 2.08 bits per heavy atom. The number of carbonyl (C=O) groups excluding carboxylic acids is 1. The van der Waals surface area contributed by atoms with Gasteiger partial charge >= 0.3 is 0 Å². The first-order chi connectivity index (χ1) is 5.52. The molecule has 0 atom stereocenters. The minimum atomic E-state index is 0.0104. The van der Waals surface area contributed by atoms with Crippen LogP contribution in [0.4, 0.5) is 0 Å². The van der Waals surface area contributed by atoms with Crippen LogP contribution in [0.2, 0.25) is 0 Å². The molecule has 2 heteroatoms. The highest BCUT2D eigenvalue weighted by atomic mass is 16.2. The van der Waals surface area contributed by atoms with Crippen LogP contribution in [-0.4, -0.2) is 10.5 Å². The average molecular weight is 163 g/mol. The molecule has 0 amide bonds. The van der Waals surface area contributed by atoms with Gasteiger partial charge in [-0.3, -0.25) is 9.36 Å². The molecule has 0 N–H and O–H groups in total. The summed E-state index contributed by atoms with van der Waals surface area (Å²) in [5, 5.41) is 0. The van der Waals surface area contributed by atoms with Gasteiger partial charge in [-0.25, -0.2) is 0 Å². The first-order valence-corrected chi connectivity index (χ1v) is 3.92. The molecule has 0 aliphatic rings. The van der Waals surface area contributed by atoms with Gasteiger partial charge in [0.2, 0.25) is 5.91 Å². The Morgan fingerprint density at radius 2 is 1.75 bits per heavy atom. The fourth-order valence-electron chi connectivity index (χ4n) is 0.964. The van der Waals surface area contributed by atoms with E-state index in [1.54, 1.807) is 17.0 Å². The third-order valence-electron chi connectivity index (χ3n) is 1.75. The molecule has 0 aliphatic heterocycles. The van der Waals surface area contributed by atoms with Gasteiger partial charge in [0, 0.05) is 18.3 Å². The molecular weight excluding hydrogens is 150 g/mol. The first kappa shape index (κ1) is 9.04. The van der Waals surface area contributed by atoms with Gasteiger partial charge in [-0.15, -0.1) is 0 Å². The summed E-state index contributed by atoms with van der Waals surface area (Å²) >= 11 is 0. The second-order valence-electron chi connectivity index (χ2n) is 3.21. The van der Waals surface area contributed by atoms with Gasteiger partial charge in [-0.05, 0) is 25.0 Å². The van der Waals surface area contributed by atoms with E-state index >= 15 is 0 Å². The van der Waals surface area contributed by atoms with Crippen molar-refractivity contribution in [3.05, 3.63) is 37.4 Å². The van der Waals surface area contributed by atoms with E-state index in [0.717, 1.165) is 11.1 Å². The topological polar surface area (TPSA) is 22.0 Å². The number of rotatable bonds is 1. The van der Waals surface area contributed by atoms with E-state index in [9.17, 15) is 4.79 Å². The van der Waals surface area contributed by atoms with E-state index in [1.807, 2.05) is 13.8 Å². The molecule has 0 spiro atoms. The van der Waals surface area contributed by atoms with Crippen molar-refractivity contribution in [3.63, 3.8) is 0 Å². The van der Waals surface area contributed by atoms with Crippen molar-refractivity contribution < 1.29 is 4.79 Å². The van der Waals surface area contributed by atoms with Gasteiger partial charge in [-0.2, -0.15) is 0 Å². The summed E-state index contributed by atoms with van der Waals surface area (Å²) in [7, 11) is 0. The van der Waals surface area contributed by atoms with E-state index in [4.69, 9.17) is 0 Å². The Kier molecular flexibility index (Phi) is 2.36. The molecule has 2 nitrogen and oxygen atoms in total. The van der Waals surface area contributed by atoms with Gasteiger partial charge in [0.15, 0.2) is 0 Å². The summed E-state index contributed by atoms with van der Waals surface area (Å²) in [5.41, 5.74) is 1.62. The van der Waals surface area contributed by atoms with Crippen molar-refractivity contribution in [1.82, 2.24) is 4.57 Å². The van der Waals surface area contributed by atoms with Crippen LogP contribution in [0.15, 0.2) is 12.4 Å². The highest BCUT2D eigenvalue weighted by Gasteiger charge is 2.10. The number of hydrogen-bond acceptors (Lipinski definition) is 1. The Bertz CT molecular complexity index is 277. The van der Waals surface area contributed by atoms with Gasteiger partial charge in [0.25, 0.3) is 0 Å². The molecule has 0 aromatic carbocycles. The fourth-order valence-corrected chi connectivity index (χ4v) is 0.964. The smallest absolute Gasteiger partial charge is 0.233 e. The molecule has 0 unspecified atom stereocenters. The molecular formula is C10H13NO. The first-order valence-electron chi connectivity index (χ1n) is 3.92. The van der Waals surface area contributed by atoms with Crippen molar-refractivity contribution in [2.45, 2.75) is 13.8 Å². The fraction of sp³-hybridized carbons (Fsp3) is 0.300. The minimum Gasteiger partial charge on any atom is -0.294 e. The lowest BCUT2D eigenvalue weighted by Crippen LogP contribution is -2.14. The number of nitrogens with zero attached hydrogens (tertiary/aromatic N) is 1. The molecule has 1 aromatic heterocycles. The second-order valence-corrected chi connectivity index (χ2v) is 3.21. The normalized spacial score (nSPS) is 10.8. The zero-order chi connectivity index (χ0) is 9.30. The molecule has 0 bridgehead atoms. The standard InChI is InChI=1S/C10H13NO/c1-7(2)10(12)11-5-8(3)9(4)6-11/h5-7H,3-4H2,1-2H3. The Balaban J connectivity index is 2.97. The molecule has 1 heterocycles. The summed E-state index contributed by atoms with van der Waals surface area (Å²) in [6.45, 7) is 11.2. The number of hydrogen-bond donors (Lipinski definition) is 0. The molecule has 0 aliphatic carbocycles. The molecule has 2 radical (unpaired) electrons. The van der Waals surface area contributed by atoms with Crippen LogP contribution in [0.25, 0.3) is 0 Å². The van der Waals surface area contributed by atoms with Crippen LogP contribution in [0.5, 0.6) is 0 Å². The van der Waals surface area contributed by atoms with Crippen molar-refractivity contribution in [2.75, 3.05) is 0 Å². The SMILES string of the molecule is [CH2]c1cn(C(=O)C(C)C)cc1[CH2]. The highest BCUT2D eigenvalue weighted by molar-refractivity contribution is 5.81. The van der Waals surface area contributed by atoms with Crippen molar-refractivity contribution >= 4 is 5.91 Å². The van der Waals surface area contributed by atoms with E-state index in [0.29, 0.717) is 0 Å². The van der Waals surface area contributed by atoms with E-state index in [2.05, 4.69) is 13.8 Å². The minimum absolute atomic E-state index is 0.0104. The highest BCUT2D eigenvalue weighted by Crippen LogP contribution is 2.09. The largest absolute Gasteiger partial charge is 0.294 e. The maximum Gasteiger partial charge on any atom is 0.233 e. The van der Waals surface area contributed by atoms with Crippen LogP contribution in [0.1, 0.15) is 29.8 Å². The maximum atomic E-state index is 11.4. The van der Waals surface area contributed by atoms with Crippen molar-refractivity contribution in [3.8, 4) is 0 Å². The van der Waals surface area contributed by atoms with Gasteiger partial charge in [0.05, 0.1) is 0 Å². The quantitative estimate of drug-likeness (QED) is 0.621. The van der Waals surface area contributed by atoms with Crippen LogP contribution in [0, 0.1) is 19.8 Å². The van der Waals surface area contributed by atoms with Crippen LogP contribution in [-0.2, 0) is 0 Å². The molecule has 0 saturated heterocycles. The lowest BCUT2D eigenvalue weighted by atomic mass is 10.2. The molecule has 12 heavy (non-hydrogen) atoms. The van der Waals surface area contributed by atoms with Gasteiger partial charge in [0.1, 0.15) is 0 Å². The maximum absolute atomic E-state index is 11.4. The average Bonchev–Trinajstić information content (AvgIpc) is 2.30. The predicted molar refractivity (Wildman–Crippen MR) is 48.8 cm³/mol. The second kappa shape index (κ2) is 3.13. The van der Waals surface area contributed by atoms with E-state index in [1.165, 1.54) is 0 Å². The Hall–Kier alpha value is -1.05. The molecule has 1 rings (SSSR count). The van der Waals surface area contributed by atoms with E-state index < -0.39 is 0 Å². The third-order valence-corrected chi connectivity index (χ3v) is 1.75. The molecule has 1 aromatic rings. The molecule has 0 saturated carbocycles. The van der Waals surface area contributed by atoms with Crippen LogP contribution < -0.4 is 0 Å². The predicted octanol–water partition coefficient (Wildman–Crippen LogP) is 2.15. The number of aromatic nitrogens is 1. The van der Waals surface area contributed by atoms with Crippen LogP contribution >= 0.6 is 0 Å². The number of carbonyl (C=O) groups is 1. The molecule has 64 valence electrons. The van der Waals surface area contributed by atoms with E-state index in [-0.39, 0.29) is 11.8 Å². The zero-order valence-electron chi connectivity index (χ0n) is 7.50. The summed E-state index contributed by atoms with van der Waals surface area (Å²) < 4.78 is 1.55. The third kappa shape index (κ3) is 1.58. The van der Waals surface area contributed by atoms with Gasteiger partial charge in [-0.1, -0.05) is 13.8 Å². The van der Waals surface area contributed by atoms with Gasteiger partial charge < -0.3 is 0 Å². The van der Waals surface area contributed by atoms with Crippen LogP contribution in [0.3, 0.4) is 0 Å². The summed E-state index contributed by atoms with van der Waals surface area (Å²) in [6, 6.07) is 0. The molecule has 0 fully saturated rings. The monoisotopic (exact) mass is 163 g/mol. The van der Waals surface area contributed by atoms with Crippen molar-refractivity contribution in [1.29, 1.82) is 0 Å². The zero-order valence-corrected chi connectivity index (χ0v) is 7.50. The summed E-state index contributed by atoms with van der Waals surface area (Å²) in [4.78, 5) is 11.4. The summed E-state index contributed by atoms with van der Waals surface area (Å²) in [6.07, 6.45) is 3.43. The Labute approximate surface area is 73.2 Å². The summed E-state index contributed by atoms with van der Waals surface area (Å²) in [5.74, 6) is 0.0889. The van der Waals surface area contributed by atoms with Crippen molar-refractivity contribution in [2.24, 2.45) is 5.92 Å². The lowest BCUT2D eigenvalue weighted by molar-refractivity contribution is 0.0855. The Morgan fingerprint density at radius 1 is 1.33 bits per heavy atom. The lowest BCUT2D eigenvalue weighted by Gasteiger charge is -2.03.